The first-order valence-corrected chi connectivity index (χ1v) is 9.59. The summed E-state index contributed by atoms with van der Waals surface area (Å²) in [6.07, 6.45) is 1.11. The van der Waals surface area contributed by atoms with E-state index in [9.17, 15) is 9.59 Å². The third kappa shape index (κ3) is 3.81. The number of aryl methyl sites for hydroxylation is 1. The highest BCUT2D eigenvalue weighted by molar-refractivity contribution is 5.85. The van der Waals surface area contributed by atoms with Crippen LogP contribution in [-0.4, -0.2) is 30.7 Å². The molecular weight excluding hydrogens is 358 g/mol. The Bertz CT molecular complexity index is 881. The number of fused-ring (bicyclic) bond motifs is 2. The van der Waals surface area contributed by atoms with Crippen LogP contribution in [0.25, 0.3) is 0 Å². The zero-order valence-corrected chi connectivity index (χ0v) is 15.7. The molecule has 0 saturated heterocycles. The summed E-state index contributed by atoms with van der Waals surface area (Å²) in [4.78, 5) is 25.0. The lowest BCUT2D eigenvalue weighted by atomic mass is 9.87. The highest BCUT2D eigenvalue weighted by atomic mass is 16.6. The van der Waals surface area contributed by atoms with E-state index in [1.54, 1.807) is 25.1 Å². The fourth-order valence-electron chi connectivity index (χ4n) is 3.63. The molecule has 0 bridgehead atoms. The minimum atomic E-state index is -0.914. The standard InChI is InChI=1S/C22H23NO5/c1-14(21(24)23-17-10-6-8-15-7-2-3-9-16(15)17)27-22(25)20-13-26-18-11-4-5-12-19(18)28-20/h2-5,7,9,11-12,14,17,20H,6,8,10,13H2,1H3,(H,23,24)/t14-,17+,20-/m0/s1. The molecule has 1 aliphatic carbocycles. The van der Waals surface area contributed by atoms with Gasteiger partial charge in [0.05, 0.1) is 6.04 Å². The number of amides is 1. The normalized spacial score (nSPS) is 21.2. The van der Waals surface area contributed by atoms with Crippen LogP contribution in [0.1, 0.15) is 36.9 Å². The maximum absolute atomic E-state index is 12.6. The first kappa shape index (κ1) is 18.3. The van der Waals surface area contributed by atoms with Gasteiger partial charge in [0.25, 0.3) is 5.91 Å². The number of carbonyl (C=O) groups is 2. The Morgan fingerprint density at radius 3 is 2.71 bits per heavy atom. The molecular formula is C22H23NO5. The summed E-state index contributed by atoms with van der Waals surface area (Å²) < 4.78 is 16.5. The van der Waals surface area contributed by atoms with Gasteiger partial charge < -0.3 is 19.5 Å². The second-order valence-corrected chi connectivity index (χ2v) is 7.10. The molecule has 1 aliphatic heterocycles. The highest BCUT2D eigenvalue weighted by Crippen LogP contribution is 2.31. The van der Waals surface area contributed by atoms with E-state index in [0.29, 0.717) is 11.5 Å². The van der Waals surface area contributed by atoms with Gasteiger partial charge in [-0.2, -0.15) is 0 Å². The first-order chi connectivity index (χ1) is 13.6. The van der Waals surface area contributed by atoms with E-state index in [1.165, 1.54) is 5.56 Å². The second kappa shape index (κ2) is 7.92. The predicted octanol–water partition coefficient (Wildman–Crippen LogP) is 2.95. The van der Waals surface area contributed by atoms with Gasteiger partial charge in [0.2, 0.25) is 6.10 Å². The van der Waals surface area contributed by atoms with Crippen LogP contribution < -0.4 is 14.8 Å². The number of carbonyl (C=O) groups excluding carboxylic acids is 2. The van der Waals surface area contributed by atoms with E-state index in [-0.39, 0.29) is 18.6 Å². The summed E-state index contributed by atoms with van der Waals surface area (Å²) in [5, 5.41) is 3.01. The molecule has 28 heavy (non-hydrogen) atoms. The van der Waals surface area contributed by atoms with E-state index in [4.69, 9.17) is 14.2 Å². The summed E-state index contributed by atoms with van der Waals surface area (Å²) in [5.74, 6) is 0.160. The molecule has 3 atom stereocenters. The van der Waals surface area contributed by atoms with Crippen molar-refractivity contribution in [1.82, 2.24) is 5.32 Å². The van der Waals surface area contributed by atoms with Crippen molar-refractivity contribution >= 4 is 11.9 Å². The predicted molar refractivity (Wildman–Crippen MR) is 102 cm³/mol. The molecule has 0 radical (unpaired) electrons. The zero-order chi connectivity index (χ0) is 19.5. The van der Waals surface area contributed by atoms with Gasteiger partial charge in [0.15, 0.2) is 17.6 Å². The summed E-state index contributed by atoms with van der Waals surface area (Å²) in [6.45, 7) is 1.62. The lowest BCUT2D eigenvalue weighted by Crippen LogP contribution is -2.43. The first-order valence-electron chi connectivity index (χ1n) is 9.59. The van der Waals surface area contributed by atoms with Crippen molar-refractivity contribution in [3.63, 3.8) is 0 Å². The topological polar surface area (TPSA) is 73.9 Å². The molecule has 0 saturated carbocycles. The highest BCUT2D eigenvalue weighted by Gasteiger charge is 2.32. The van der Waals surface area contributed by atoms with Gasteiger partial charge in [-0.15, -0.1) is 0 Å². The lowest BCUT2D eigenvalue weighted by Gasteiger charge is -2.28. The fourth-order valence-corrected chi connectivity index (χ4v) is 3.63. The number of hydrogen-bond acceptors (Lipinski definition) is 5. The van der Waals surface area contributed by atoms with E-state index in [2.05, 4.69) is 11.4 Å². The van der Waals surface area contributed by atoms with Gasteiger partial charge in [0, 0.05) is 0 Å². The number of hydrogen-bond donors (Lipinski definition) is 1. The minimum Gasteiger partial charge on any atom is -0.485 e. The summed E-state index contributed by atoms with van der Waals surface area (Å²) in [6, 6.07) is 15.2. The SMILES string of the molecule is C[C@H](OC(=O)[C@@H]1COc2ccccc2O1)C(=O)N[C@@H]1CCCc2ccccc21. The molecule has 2 aliphatic rings. The van der Waals surface area contributed by atoms with Gasteiger partial charge in [0.1, 0.15) is 6.61 Å². The molecule has 146 valence electrons. The third-order valence-corrected chi connectivity index (χ3v) is 5.12. The van der Waals surface area contributed by atoms with Crippen molar-refractivity contribution in [2.75, 3.05) is 6.61 Å². The average molecular weight is 381 g/mol. The average Bonchev–Trinajstić information content (AvgIpc) is 2.73. The molecule has 6 heteroatoms. The van der Waals surface area contributed by atoms with Gasteiger partial charge >= 0.3 is 5.97 Å². The van der Waals surface area contributed by atoms with E-state index < -0.39 is 18.2 Å². The van der Waals surface area contributed by atoms with Crippen LogP contribution in [-0.2, 0) is 20.7 Å². The van der Waals surface area contributed by atoms with E-state index >= 15 is 0 Å². The molecule has 4 rings (SSSR count). The molecule has 0 unspecified atom stereocenters. The minimum absolute atomic E-state index is 0.0557. The third-order valence-electron chi connectivity index (χ3n) is 5.12. The molecule has 1 amide bonds. The maximum atomic E-state index is 12.6. The molecule has 2 aromatic rings. The molecule has 0 spiro atoms. The Morgan fingerprint density at radius 1 is 1.11 bits per heavy atom. The number of ether oxygens (including phenoxy) is 3. The summed E-state index contributed by atoms with van der Waals surface area (Å²) in [7, 11) is 0. The molecule has 0 aromatic heterocycles. The summed E-state index contributed by atoms with van der Waals surface area (Å²) >= 11 is 0. The Morgan fingerprint density at radius 2 is 1.86 bits per heavy atom. The van der Waals surface area contributed by atoms with E-state index in [0.717, 1.165) is 24.8 Å². The number of para-hydroxylation sites is 2. The fraction of sp³-hybridized carbons (Fsp3) is 0.364. The number of esters is 1. The maximum Gasteiger partial charge on any atom is 0.351 e. The molecule has 6 nitrogen and oxygen atoms in total. The molecule has 1 heterocycles. The second-order valence-electron chi connectivity index (χ2n) is 7.10. The summed E-state index contributed by atoms with van der Waals surface area (Å²) in [5.41, 5.74) is 2.40. The monoisotopic (exact) mass is 381 g/mol. The van der Waals surface area contributed by atoms with Crippen LogP contribution in [0.3, 0.4) is 0 Å². The lowest BCUT2D eigenvalue weighted by molar-refractivity contribution is -0.163. The van der Waals surface area contributed by atoms with Gasteiger partial charge in [-0.05, 0) is 49.4 Å². The molecule has 2 aromatic carbocycles. The van der Waals surface area contributed by atoms with Gasteiger partial charge in [-0.3, -0.25) is 4.79 Å². The van der Waals surface area contributed by atoms with Crippen LogP contribution in [0.4, 0.5) is 0 Å². The van der Waals surface area contributed by atoms with Crippen LogP contribution >= 0.6 is 0 Å². The largest absolute Gasteiger partial charge is 0.485 e. The molecule has 1 N–H and O–H groups in total. The van der Waals surface area contributed by atoms with Crippen LogP contribution in [0.5, 0.6) is 11.5 Å². The quantitative estimate of drug-likeness (QED) is 0.825. The Balaban J connectivity index is 1.34. The van der Waals surface area contributed by atoms with Crippen molar-refractivity contribution in [1.29, 1.82) is 0 Å². The van der Waals surface area contributed by atoms with Crippen molar-refractivity contribution < 1.29 is 23.8 Å². The number of benzene rings is 2. The van der Waals surface area contributed by atoms with Crippen LogP contribution in [0.2, 0.25) is 0 Å². The van der Waals surface area contributed by atoms with E-state index in [1.807, 2.05) is 24.3 Å². The number of nitrogens with one attached hydrogen (secondary N) is 1. The Kier molecular flexibility index (Phi) is 5.19. The molecule has 0 fully saturated rings. The van der Waals surface area contributed by atoms with Gasteiger partial charge in [-0.25, -0.2) is 4.79 Å². The Hall–Kier alpha value is -3.02. The van der Waals surface area contributed by atoms with Crippen LogP contribution in [0, 0.1) is 0 Å². The smallest absolute Gasteiger partial charge is 0.351 e. The van der Waals surface area contributed by atoms with Gasteiger partial charge in [-0.1, -0.05) is 36.4 Å². The van der Waals surface area contributed by atoms with Crippen LogP contribution in [0.15, 0.2) is 48.5 Å². The zero-order valence-electron chi connectivity index (χ0n) is 15.7. The van der Waals surface area contributed by atoms with Crippen molar-refractivity contribution in [3.8, 4) is 11.5 Å². The van der Waals surface area contributed by atoms with Crippen molar-refractivity contribution in [3.05, 3.63) is 59.7 Å². The Labute approximate surface area is 163 Å². The van der Waals surface area contributed by atoms with Crippen molar-refractivity contribution in [2.45, 2.75) is 44.4 Å². The number of rotatable bonds is 4. The van der Waals surface area contributed by atoms with Crippen molar-refractivity contribution in [2.24, 2.45) is 0 Å².